The molecule has 0 saturated heterocycles. The molecule has 0 bridgehead atoms. The van der Waals surface area contributed by atoms with Crippen LogP contribution in [-0.4, -0.2) is 36.2 Å². The minimum Gasteiger partial charge on any atom is -0.461 e. The molecule has 0 aromatic carbocycles. The molecular formula is C14H16N6O2S. The number of aryl methyl sites for hydroxylation is 2. The van der Waals surface area contributed by atoms with Gasteiger partial charge in [-0.3, -0.25) is 9.48 Å². The third-order valence-electron chi connectivity index (χ3n) is 3.18. The molecule has 3 aromatic rings. The van der Waals surface area contributed by atoms with Crippen LogP contribution in [0.3, 0.4) is 0 Å². The first kappa shape index (κ1) is 15.3. The third kappa shape index (κ3) is 3.29. The number of rotatable bonds is 5. The van der Waals surface area contributed by atoms with Gasteiger partial charge in [-0.2, -0.15) is 5.10 Å². The normalized spacial score (nSPS) is 10.9. The maximum atomic E-state index is 12.0. The highest BCUT2D eigenvalue weighted by atomic mass is 32.2. The molecule has 120 valence electrons. The summed E-state index contributed by atoms with van der Waals surface area (Å²) in [7, 11) is 3.62. The predicted octanol–water partition coefficient (Wildman–Crippen LogP) is 1.85. The summed E-state index contributed by atoms with van der Waals surface area (Å²) >= 11 is 1.31. The lowest BCUT2D eigenvalue weighted by molar-refractivity contribution is -0.113. The van der Waals surface area contributed by atoms with Gasteiger partial charge in [0.1, 0.15) is 5.82 Å². The molecule has 0 aliphatic rings. The van der Waals surface area contributed by atoms with E-state index in [9.17, 15) is 4.79 Å². The Balaban J connectivity index is 1.62. The van der Waals surface area contributed by atoms with Crippen LogP contribution in [0, 0.1) is 6.92 Å². The van der Waals surface area contributed by atoms with Crippen molar-refractivity contribution in [3.8, 4) is 11.6 Å². The monoisotopic (exact) mass is 332 g/mol. The molecule has 3 aromatic heterocycles. The van der Waals surface area contributed by atoms with E-state index in [1.54, 1.807) is 28.6 Å². The lowest BCUT2D eigenvalue weighted by Gasteiger charge is -2.05. The zero-order chi connectivity index (χ0) is 16.4. The highest BCUT2D eigenvalue weighted by Crippen LogP contribution is 2.22. The topological polar surface area (TPSA) is 90.8 Å². The first-order valence-corrected chi connectivity index (χ1v) is 7.89. The molecule has 0 unspecified atom stereocenters. The van der Waals surface area contributed by atoms with Crippen LogP contribution in [-0.2, 0) is 18.9 Å². The number of amides is 1. The molecular weight excluding hydrogens is 316 g/mol. The van der Waals surface area contributed by atoms with Crippen LogP contribution in [0.25, 0.3) is 11.6 Å². The maximum absolute atomic E-state index is 12.0. The fourth-order valence-corrected chi connectivity index (χ4v) is 2.81. The SMILES string of the molecule is Cc1cc(NC(=O)CSc2nnc(-c3ccco3)n2C)n(C)n1. The first-order valence-electron chi connectivity index (χ1n) is 6.91. The van der Waals surface area contributed by atoms with Crippen molar-refractivity contribution in [1.29, 1.82) is 0 Å². The Labute approximate surface area is 136 Å². The van der Waals surface area contributed by atoms with Gasteiger partial charge in [0.05, 0.1) is 17.7 Å². The highest BCUT2D eigenvalue weighted by molar-refractivity contribution is 7.99. The van der Waals surface area contributed by atoms with E-state index in [1.165, 1.54) is 11.8 Å². The molecule has 9 heteroatoms. The van der Waals surface area contributed by atoms with Gasteiger partial charge in [-0.15, -0.1) is 10.2 Å². The lowest BCUT2D eigenvalue weighted by Crippen LogP contribution is -2.16. The van der Waals surface area contributed by atoms with Gasteiger partial charge in [-0.1, -0.05) is 11.8 Å². The maximum Gasteiger partial charge on any atom is 0.235 e. The number of anilines is 1. The number of nitrogens with zero attached hydrogens (tertiary/aromatic N) is 5. The van der Waals surface area contributed by atoms with E-state index in [1.807, 2.05) is 26.1 Å². The number of carbonyl (C=O) groups is 1. The van der Waals surface area contributed by atoms with Crippen molar-refractivity contribution in [1.82, 2.24) is 24.5 Å². The summed E-state index contributed by atoms with van der Waals surface area (Å²) in [4.78, 5) is 12.0. The zero-order valence-corrected chi connectivity index (χ0v) is 13.8. The van der Waals surface area contributed by atoms with Gasteiger partial charge in [-0.05, 0) is 19.1 Å². The van der Waals surface area contributed by atoms with Crippen molar-refractivity contribution >= 4 is 23.5 Å². The summed E-state index contributed by atoms with van der Waals surface area (Å²) < 4.78 is 8.74. The molecule has 1 amide bonds. The van der Waals surface area contributed by atoms with E-state index in [4.69, 9.17) is 4.42 Å². The second kappa shape index (κ2) is 6.29. The average Bonchev–Trinajstić information content (AvgIpc) is 3.19. The van der Waals surface area contributed by atoms with Gasteiger partial charge in [0.2, 0.25) is 5.91 Å². The summed E-state index contributed by atoms with van der Waals surface area (Å²) in [5, 5.41) is 15.8. The van der Waals surface area contributed by atoms with Gasteiger partial charge in [0, 0.05) is 20.2 Å². The molecule has 0 fully saturated rings. The van der Waals surface area contributed by atoms with Crippen molar-refractivity contribution in [3.05, 3.63) is 30.2 Å². The van der Waals surface area contributed by atoms with Crippen LogP contribution in [0.4, 0.5) is 5.82 Å². The zero-order valence-electron chi connectivity index (χ0n) is 13.0. The molecule has 1 N–H and O–H groups in total. The van der Waals surface area contributed by atoms with Crippen LogP contribution < -0.4 is 5.32 Å². The van der Waals surface area contributed by atoms with Crippen LogP contribution in [0.1, 0.15) is 5.69 Å². The number of hydrogen-bond donors (Lipinski definition) is 1. The second-order valence-electron chi connectivity index (χ2n) is 4.97. The Morgan fingerprint density at radius 3 is 2.87 bits per heavy atom. The van der Waals surface area contributed by atoms with Crippen LogP contribution >= 0.6 is 11.8 Å². The van der Waals surface area contributed by atoms with Gasteiger partial charge in [-0.25, -0.2) is 0 Å². The van der Waals surface area contributed by atoms with Crippen LogP contribution in [0.15, 0.2) is 34.0 Å². The van der Waals surface area contributed by atoms with E-state index in [0.717, 1.165) is 5.69 Å². The molecule has 0 aliphatic carbocycles. The molecule has 0 aliphatic heterocycles. The Kier molecular flexibility index (Phi) is 4.20. The minimum absolute atomic E-state index is 0.124. The fourth-order valence-electron chi connectivity index (χ4n) is 2.10. The van der Waals surface area contributed by atoms with Crippen molar-refractivity contribution in [2.24, 2.45) is 14.1 Å². The number of thioether (sulfide) groups is 1. The Bertz CT molecular complexity index is 821. The minimum atomic E-state index is -0.124. The van der Waals surface area contributed by atoms with Gasteiger partial charge in [0.25, 0.3) is 0 Å². The Morgan fingerprint density at radius 2 is 2.22 bits per heavy atom. The van der Waals surface area contributed by atoms with Crippen molar-refractivity contribution < 1.29 is 9.21 Å². The van der Waals surface area contributed by atoms with E-state index < -0.39 is 0 Å². The number of aromatic nitrogens is 5. The predicted molar refractivity (Wildman–Crippen MR) is 86.0 cm³/mol. The summed E-state index contributed by atoms with van der Waals surface area (Å²) in [5.41, 5.74) is 0.854. The van der Waals surface area contributed by atoms with E-state index >= 15 is 0 Å². The smallest absolute Gasteiger partial charge is 0.235 e. The van der Waals surface area contributed by atoms with Crippen molar-refractivity contribution in [3.63, 3.8) is 0 Å². The summed E-state index contributed by atoms with van der Waals surface area (Å²) in [6.45, 7) is 1.88. The molecule has 0 radical (unpaired) electrons. The van der Waals surface area contributed by atoms with E-state index in [0.29, 0.717) is 22.6 Å². The van der Waals surface area contributed by atoms with Gasteiger partial charge < -0.3 is 14.3 Å². The van der Waals surface area contributed by atoms with Gasteiger partial charge >= 0.3 is 0 Å². The summed E-state index contributed by atoms with van der Waals surface area (Å²) in [6.07, 6.45) is 1.58. The fraction of sp³-hybridized carbons (Fsp3) is 0.286. The Morgan fingerprint density at radius 1 is 1.39 bits per heavy atom. The van der Waals surface area contributed by atoms with E-state index in [-0.39, 0.29) is 11.7 Å². The molecule has 23 heavy (non-hydrogen) atoms. The molecule has 0 saturated carbocycles. The van der Waals surface area contributed by atoms with Crippen molar-refractivity contribution in [2.45, 2.75) is 12.1 Å². The van der Waals surface area contributed by atoms with Crippen molar-refractivity contribution in [2.75, 3.05) is 11.1 Å². The largest absolute Gasteiger partial charge is 0.461 e. The molecule has 8 nitrogen and oxygen atoms in total. The average molecular weight is 332 g/mol. The molecule has 3 heterocycles. The second-order valence-corrected chi connectivity index (χ2v) is 5.92. The van der Waals surface area contributed by atoms with Crippen LogP contribution in [0.5, 0.6) is 0 Å². The molecule has 0 atom stereocenters. The van der Waals surface area contributed by atoms with Crippen LogP contribution in [0.2, 0.25) is 0 Å². The summed E-state index contributed by atoms with van der Waals surface area (Å²) in [6, 6.07) is 5.43. The highest BCUT2D eigenvalue weighted by Gasteiger charge is 2.15. The third-order valence-corrected chi connectivity index (χ3v) is 4.20. The number of nitrogens with one attached hydrogen (secondary N) is 1. The number of carbonyl (C=O) groups excluding carboxylic acids is 1. The molecule has 0 spiro atoms. The Hall–Kier alpha value is -2.55. The number of hydrogen-bond acceptors (Lipinski definition) is 6. The lowest BCUT2D eigenvalue weighted by atomic mass is 10.4. The molecule has 3 rings (SSSR count). The first-order chi connectivity index (χ1) is 11.0. The summed E-state index contributed by atoms with van der Waals surface area (Å²) in [5.74, 6) is 2.04. The van der Waals surface area contributed by atoms with E-state index in [2.05, 4.69) is 20.6 Å². The number of furan rings is 1. The standard InChI is InChI=1S/C14H16N6O2S/c1-9-7-11(20(3)18-9)15-12(21)8-23-14-17-16-13(19(14)2)10-5-4-6-22-10/h4-7H,8H2,1-3H3,(H,15,21). The quantitative estimate of drug-likeness (QED) is 0.717. The van der Waals surface area contributed by atoms with Gasteiger partial charge in [0.15, 0.2) is 16.7 Å².